The molecule has 26 heavy (non-hydrogen) atoms. The first-order valence-corrected chi connectivity index (χ1v) is 9.34. The first kappa shape index (κ1) is 18.5. The highest BCUT2D eigenvalue weighted by Gasteiger charge is 2.31. The second-order valence-corrected chi connectivity index (χ2v) is 7.65. The van der Waals surface area contributed by atoms with E-state index in [0.717, 1.165) is 27.0 Å². The lowest BCUT2D eigenvalue weighted by Crippen LogP contribution is -2.39. The molecule has 3 rings (SSSR count). The largest absolute Gasteiger partial charge is 0.333 e. The minimum atomic E-state index is -0.296. The van der Waals surface area contributed by atoms with Gasteiger partial charge in [-0.2, -0.15) is 0 Å². The molecule has 0 aliphatic carbocycles. The minimum Gasteiger partial charge on any atom is -0.333 e. The Kier molecular flexibility index (Phi) is 5.32. The number of nitrogens with one attached hydrogen (secondary N) is 2. The van der Waals surface area contributed by atoms with E-state index >= 15 is 0 Å². The van der Waals surface area contributed by atoms with Gasteiger partial charge in [-0.3, -0.25) is 4.79 Å². The number of urea groups is 1. The number of amides is 3. The Hall–Kier alpha value is -2.34. The molecule has 0 aromatic heterocycles. The van der Waals surface area contributed by atoms with Crippen molar-refractivity contribution in [2.75, 3.05) is 16.8 Å². The van der Waals surface area contributed by atoms with Crippen molar-refractivity contribution in [2.24, 2.45) is 0 Å². The smallest absolute Gasteiger partial charge is 0.319 e. The summed E-state index contributed by atoms with van der Waals surface area (Å²) >= 11 is 3.41. The highest BCUT2D eigenvalue weighted by molar-refractivity contribution is 9.10. The average Bonchev–Trinajstić information content (AvgIpc) is 2.93. The fourth-order valence-corrected chi connectivity index (χ4v) is 3.53. The Morgan fingerprint density at radius 1 is 1.08 bits per heavy atom. The van der Waals surface area contributed by atoms with Gasteiger partial charge >= 0.3 is 6.03 Å². The fraction of sp³-hybridized carbons (Fsp3) is 0.300. The van der Waals surface area contributed by atoms with Gasteiger partial charge in [-0.25, -0.2) is 4.79 Å². The van der Waals surface area contributed by atoms with Gasteiger partial charge in [0.2, 0.25) is 5.91 Å². The van der Waals surface area contributed by atoms with E-state index in [1.165, 1.54) is 5.56 Å². The summed E-state index contributed by atoms with van der Waals surface area (Å²) in [4.78, 5) is 26.4. The van der Waals surface area contributed by atoms with Gasteiger partial charge in [0.25, 0.3) is 0 Å². The molecule has 1 aliphatic heterocycles. The summed E-state index contributed by atoms with van der Waals surface area (Å²) in [6.45, 7) is 6.49. The normalized spacial score (nSPS) is 16.7. The molecule has 2 aromatic carbocycles. The van der Waals surface area contributed by atoms with E-state index < -0.39 is 0 Å². The second kappa shape index (κ2) is 7.50. The predicted molar refractivity (Wildman–Crippen MR) is 108 cm³/mol. The second-order valence-electron chi connectivity index (χ2n) is 6.73. The number of anilines is 2. The maximum atomic E-state index is 12.4. The van der Waals surface area contributed by atoms with Crippen LogP contribution in [0, 0.1) is 20.8 Å². The van der Waals surface area contributed by atoms with E-state index in [-0.39, 0.29) is 18.0 Å². The number of carbonyl (C=O) groups excluding carboxylic acids is 2. The molecule has 1 heterocycles. The van der Waals surface area contributed by atoms with Gasteiger partial charge in [-0.1, -0.05) is 22.0 Å². The maximum absolute atomic E-state index is 12.4. The third-order valence-electron chi connectivity index (χ3n) is 4.70. The molecule has 136 valence electrons. The number of halogens is 1. The number of hydrogen-bond donors (Lipinski definition) is 2. The number of nitrogens with zero attached hydrogens (tertiary/aromatic N) is 1. The fourth-order valence-electron chi connectivity index (χ4n) is 3.06. The van der Waals surface area contributed by atoms with Crippen LogP contribution in [0.3, 0.4) is 0 Å². The van der Waals surface area contributed by atoms with Crippen LogP contribution in [0.2, 0.25) is 0 Å². The molecule has 0 unspecified atom stereocenters. The standard InChI is InChI=1S/C20H22BrN3O2/c1-12-4-6-17(9-13(12)2)24-11-16(10-19(24)25)22-20(26)23-18-7-5-15(21)8-14(18)3/h4-9,16H,10-11H2,1-3H3,(H2,22,23,26)/t16-/m0/s1. The highest BCUT2D eigenvalue weighted by atomic mass is 79.9. The molecular formula is C20H22BrN3O2. The molecule has 5 nitrogen and oxygen atoms in total. The van der Waals surface area contributed by atoms with Gasteiger partial charge in [-0.05, 0) is 67.8 Å². The number of rotatable bonds is 3. The Morgan fingerprint density at radius 2 is 1.85 bits per heavy atom. The molecule has 1 saturated heterocycles. The Labute approximate surface area is 161 Å². The molecule has 0 bridgehead atoms. The van der Waals surface area contributed by atoms with Gasteiger partial charge in [0.1, 0.15) is 0 Å². The van der Waals surface area contributed by atoms with Crippen molar-refractivity contribution in [1.29, 1.82) is 0 Å². The molecule has 3 amide bonds. The van der Waals surface area contributed by atoms with Crippen LogP contribution in [0.1, 0.15) is 23.1 Å². The summed E-state index contributed by atoms with van der Waals surface area (Å²) in [5.41, 5.74) is 4.94. The van der Waals surface area contributed by atoms with Crippen molar-refractivity contribution < 1.29 is 9.59 Å². The van der Waals surface area contributed by atoms with Crippen molar-refractivity contribution in [2.45, 2.75) is 33.2 Å². The summed E-state index contributed by atoms with van der Waals surface area (Å²) in [5.74, 6) is 0.0263. The van der Waals surface area contributed by atoms with Gasteiger partial charge in [0.15, 0.2) is 0 Å². The van der Waals surface area contributed by atoms with E-state index in [2.05, 4.69) is 26.6 Å². The molecule has 0 radical (unpaired) electrons. The quantitative estimate of drug-likeness (QED) is 0.784. The van der Waals surface area contributed by atoms with E-state index in [1.54, 1.807) is 4.90 Å². The van der Waals surface area contributed by atoms with Gasteiger partial charge in [-0.15, -0.1) is 0 Å². The van der Waals surface area contributed by atoms with Gasteiger partial charge in [0, 0.05) is 28.8 Å². The van der Waals surface area contributed by atoms with Crippen LogP contribution in [-0.2, 0) is 4.79 Å². The molecule has 1 atom stereocenters. The summed E-state index contributed by atoms with van der Waals surface area (Å²) in [5, 5.41) is 5.75. The van der Waals surface area contributed by atoms with Crippen molar-refractivity contribution in [3.05, 3.63) is 57.6 Å². The molecule has 1 fully saturated rings. The van der Waals surface area contributed by atoms with Crippen LogP contribution in [0.15, 0.2) is 40.9 Å². The zero-order chi connectivity index (χ0) is 18.8. The van der Waals surface area contributed by atoms with Crippen molar-refractivity contribution in [1.82, 2.24) is 5.32 Å². The lowest BCUT2D eigenvalue weighted by atomic mass is 10.1. The van der Waals surface area contributed by atoms with Crippen LogP contribution in [0.25, 0.3) is 0 Å². The maximum Gasteiger partial charge on any atom is 0.319 e. The summed E-state index contributed by atoms with van der Waals surface area (Å²) in [7, 11) is 0. The molecule has 2 aromatic rings. The van der Waals surface area contributed by atoms with Crippen LogP contribution in [0.5, 0.6) is 0 Å². The van der Waals surface area contributed by atoms with Crippen LogP contribution in [-0.4, -0.2) is 24.5 Å². The molecule has 2 N–H and O–H groups in total. The number of carbonyl (C=O) groups is 2. The predicted octanol–water partition coefficient (Wildman–Crippen LogP) is 4.30. The highest BCUT2D eigenvalue weighted by Crippen LogP contribution is 2.24. The summed E-state index contributed by atoms with van der Waals surface area (Å²) < 4.78 is 0.964. The molecular weight excluding hydrogens is 394 g/mol. The van der Waals surface area contributed by atoms with Crippen molar-refractivity contribution in [3.63, 3.8) is 0 Å². The van der Waals surface area contributed by atoms with Crippen LogP contribution >= 0.6 is 15.9 Å². The van der Waals surface area contributed by atoms with E-state index in [0.29, 0.717) is 13.0 Å². The molecule has 0 saturated carbocycles. The molecule has 0 spiro atoms. The molecule has 6 heteroatoms. The minimum absolute atomic E-state index is 0.0263. The number of aryl methyl sites for hydroxylation is 3. The Morgan fingerprint density at radius 3 is 2.54 bits per heavy atom. The van der Waals surface area contributed by atoms with E-state index in [4.69, 9.17) is 0 Å². The van der Waals surface area contributed by atoms with Gasteiger partial charge < -0.3 is 15.5 Å². The first-order valence-electron chi connectivity index (χ1n) is 8.55. The summed E-state index contributed by atoms with van der Waals surface area (Å²) in [6.07, 6.45) is 0.305. The number of hydrogen-bond acceptors (Lipinski definition) is 2. The third kappa shape index (κ3) is 4.07. The lowest BCUT2D eigenvalue weighted by molar-refractivity contribution is -0.117. The van der Waals surface area contributed by atoms with E-state index in [1.807, 2.05) is 57.2 Å². The number of benzene rings is 2. The van der Waals surface area contributed by atoms with Crippen LogP contribution in [0.4, 0.5) is 16.2 Å². The average molecular weight is 416 g/mol. The third-order valence-corrected chi connectivity index (χ3v) is 5.19. The SMILES string of the molecule is Cc1ccc(N2C[C@@H](NC(=O)Nc3ccc(Br)cc3C)CC2=O)cc1C. The lowest BCUT2D eigenvalue weighted by Gasteiger charge is -2.19. The Bertz CT molecular complexity index is 866. The zero-order valence-electron chi connectivity index (χ0n) is 15.1. The van der Waals surface area contributed by atoms with Crippen LogP contribution < -0.4 is 15.5 Å². The van der Waals surface area contributed by atoms with Crippen molar-refractivity contribution in [3.8, 4) is 0 Å². The zero-order valence-corrected chi connectivity index (χ0v) is 16.7. The Balaban J connectivity index is 1.63. The summed E-state index contributed by atoms with van der Waals surface area (Å²) in [6, 6.07) is 11.1. The van der Waals surface area contributed by atoms with Crippen molar-refractivity contribution >= 4 is 39.2 Å². The monoisotopic (exact) mass is 415 g/mol. The van der Waals surface area contributed by atoms with Gasteiger partial charge in [0.05, 0.1) is 6.04 Å². The first-order chi connectivity index (χ1) is 12.3. The topological polar surface area (TPSA) is 61.4 Å². The molecule has 1 aliphatic rings. The van der Waals surface area contributed by atoms with E-state index in [9.17, 15) is 9.59 Å².